The van der Waals surface area contributed by atoms with Crippen molar-refractivity contribution in [3.8, 4) is 0 Å². The number of alkyl halides is 1. The Morgan fingerprint density at radius 2 is 2.00 bits per heavy atom. The molecule has 0 aromatic carbocycles. The zero-order valence-corrected chi connectivity index (χ0v) is 11.7. The first-order valence-corrected chi connectivity index (χ1v) is 7.11. The van der Waals surface area contributed by atoms with Gasteiger partial charge >= 0.3 is 0 Å². The van der Waals surface area contributed by atoms with E-state index in [1.807, 2.05) is 24.4 Å². The Kier molecular flexibility index (Phi) is 3.63. The van der Waals surface area contributed by atoms with Gasteiger partial charge in [-0.1, -0.05) is 23.2 Å². The summed E-state index contributed by atoms with van der Waals surface area (Å²) >= 11 is 21.4. The minimum Gasteiger partial charge on any atom is -0.145 e. The van der Waals surface area contributed by atoms with Gasteiger partial charge in [-0.2, -0.15) is 0 Å². The van der Waals surface area contributed by atoms with E-state index in [4.69, 9.17) is 34.8 Å². The molecule has 0 saturated carbocycles. The molecule has 2 heterocycles. The molecule has 80 valence electrons. The summed E-state index contributed by atoms with van der Waals surface area (Å²) in [6, 6.07) is 3.79. The van der Waals surface area contributed by atoms with Gasteiger partial charge in [-0.05, 0) is 30.0 Å². The summed E-state index contributed by atoms with van der Waals surface area (Å²) in [5.74, 6) is 0. The highest BCUT2D eigenvalue weighted by Gasteiger charge is 2.18. The summed E-state index contributed by atoms with van der Waals surface area (Å²) in [5.41, 5.74) is 1.07. The Morgan fingerprint density at radius 1 is 1.27 bits per heavy atom. The summed E-state index contributed by atoms with van der Waals surface area (Å²) in [4.78, 5) is 2.03. The summed E-state index contributed by atoms with van der Waals surface area (Å²) in [6.45, 7) is 1.98. The van der Waals surface area contributed by atoms with Crippen molar-refractivity contribution < 1.29 is 0 Å². The number of hydrogen-bond donors (Lipinski definition) is 0. The molecule has 2 aromatic heterocycles. The largest absolute Gasteiger partial charge is 0.145 e. The minimum atomic E-state index is -0.186. The fraction of sp³-hybridized carbons (Fsp3) is 0.200. The molecular weight excluding hydrogens is 291 g/mol. The third-order valence-electron chi connectivity index (χ3n) is 2.00. The third-order valence-corrected chi connectivity index (χ3v) is 5.79. The molecule has 2 rings (SSSR count). The van der Waals surface area contributed by atoms with E-state index in [1.165, 1.54) is 11.3 Å². The number of aryl methyl sites for hydroxylation is 1. The van der Waals surface area contributed by atoms with Crippen molar-refractivity contribution in [2.45, 2.75) is 12.3 Å². The molecule has 0 amide bonds. The lowest BCUT2D eigenvalue weighted by atomic mass is 10.2. The first-order chi connectivity index (χ1) is 7.09. The topological polar surface area (TPSA) is 0 Å². The molecule has 5 heteroatoms. The van der Waals surface area contributed by atoms with Crippen LogP contribution in [0.15, 0.2) is 17.5 Å². The predicted octanol–water partition coefficient (Wildman–Crippen LogP) is 5.75. The molecule has 0 spiro atoms. The van der Waals surface area contributed by atoms with Gasteiger partial charge in [0.15, 0.2) is 0 Å². The van der Waals surface area contributed by atoms with Gasteiger partial charge in [0, 0.05) is 9.75 Å². The van der Waals surface area contributed by atoms with Gasteiger partial charge in [-0.25, -0.2) is 0 Å². The molecule has 15 heavy (non-hydrogen) atoms. The molecule has 0 bridgehead atoms. The average molecular weight is 298 g/mol. The highest BCUT2D eigenvalue weighted by molar-refractivity contribution is 7.17. The van der Waals surface area contributed by atoms with Crippen LogP contribution in [0.4, 0.5) is 0 Å². The Morgan fingerprint density at radius 3 is 2.47 bits per heavy atom. The van der Waals surface area contributed by atoms with Crippen molar-refractivity contribution in [3.05, 3.63) is 42.2 Å². The molecule has 0 N–H and O–H groups in total. The van der Waals surface area contributed by atoms with Crippen molar-refractivity contribution in [1.82, 2.24) is 0 Å². The second-order valence-electron chi connectivity index (χ2n) is 3.10. The highest BCUT2D eigenvalue weighted by Crippen LogP contribution is 2.42. The summed E-state index contributed by atoms with van der Waals surface area (Å²) in [6.07, 6.45) is 0. The van der Waals surface area contributed by atoms with E-state index in [9.17, 15) is 0 Å². The lowest BCUT2D eigenvalue weighted by molar-refractivity contribution is 1.23. The summed E-state index contributed by atoms with van der Waals surface area (Å²) in [7, 11) is 0. The van der Waals surface area contributed by atoms with Crippen LogP contribution >= 0.6 is 57.5 Å². The van der Waals surface area contributed by atoms with E-state index in [2.05, 4.69) is 0 Å². The lowest BCUT2D eigenvalue weighted by Gasteiger charge is -2.04. The van der Waals surface area contributed by atoms with Crippen LogP contribution in [0.2, 0.25) is 9.36 Å². The molecule has 0 fully saturated rings. The van der Waals surface area contributed by atoms with E-state index >= 15 is 0 Å². The van der Waals surface area contributed by atoms with Gasteiger partial charge in [-0.15, -0.1) is 34.3 Å². The van der Waals surface area contributed by atoms with Gasteiger partial charge in [0.05, 0.1) is 9.36 Å². The fourth-order valence-corrected chi connectivity index (χ4v) is 4.16. The maximum absolute atomic E-state index is 6.34. The molecule has 1 atom stereocenters. The maximum Gasteiger partial charge on any atom is 0.103 e. The minimum absolute atomic E-state index is 0.186. The van der Waals surface area contributed by atoms with E-state index < -0.39 is 0 Å². The first kappa shape index (κ1) is 11.7. The van der Waals surface area contributed by atoms with Crippen LogP contribution in [0, 0.1) is 6.92 Å². The quantitative estimate of drug-likeness (QED) is 0.619. The van der Waals surface area contributed by atoms with Gasteiger partial charge in [0.2, 0.25) is 0 Å². The van der Waals surface area contributed by atoms with Crippen LogP contribution in [0.5, 0.6) is 0 Å². The molecule has 0 saturated heterocycles. The Balaban J connectivity index is 2.36. The van der Waals surface area contributed by atoms with Gasteiger partial charge < -0.3 is 0 Å². The second kappa shape index (κ2) is 4.64. The predicted molar refractivity (Wildman–Crippen MR) is 71.1 cm³/mol. The zero-order chi connectivity index (χ0) is 11.0. The van der Waals surface area contributed by atoms with E-state index in [0.717, 1.165) is 24.7 Å². The smallest absolute Gasteiger partial charge is 0.103 e. The summed E-state index contributed by atoms with van der Waals surface area (Å²) in [5, 5.41) is 2.60. The number of halogens is 3. The monoisotopic (exact) mass is 296 g/mol. The molecule has 0 aliphatic rings. The van der Waals surface area contributed by atoms with Gasteiger partial charge in [0.25, 0.3) is 0 Å². The summed E-state index contributed by atoms with van der Waals surface area (Å²) < 4.78 is 0.750. The second-order valence-corrected chi connectivity index (χ2v) is 6.57. The Labute approximate surface area is 111 Å². The normalized spacial score (nSPS) is 13.1. The van der Waals surface area contributed by atoms with Crippen LogP contribution in [-0.2, 0) is 0 Å². The molecular formula is C10H7Cl3S2. The van der Waals surface area contributed by atoms with Crippen molar-refractivity contribution in [2.24, 2.45) is 0 Å². The first-order valence-electron chi connectivity index (χ1n) is 4.22. The van der Waals surface area contributed by atoms with Crippen molar-refractivity contribution in [3.63, 3.8) is 0 Å². The van der Waals surface area contributed by atoms with Gasteiger partial charge in [-0.3, -0.25) is 0 Å². The Hall–Kier alpha value is 0.270. The number of rotatable bonds is 2. The molecule has 2 aromatic rings. The van der Waals surface area contributed by atoms with Crippen molar-refractivity contribution in [2.75, 3.05) is 0 Å². The van der Waals surface area contributed by atoms with E-state index in [1.54, 1.807) is 11.3 Å². The molecule has 0 radical (unpaired) electrons. The SMILES string of the molecule is Cc1csc(C(Cl)c2ccc(Cl)s2)c1Cl. The van der Waals surface area contributed by atoms with Crippen LogP contribution in [0.3, 0.4) is 0 Å². The standard InChI is InChI=1S/C10H7Cl3S2/c1-5-4-14-10(8(5)12)9(13)6-2-3-7(11)15-6/h2-4,9H,1H3. The highest BCUT2D eigenvalue weighted by atomic mass is 35.5. The number of thiophene rings is 2. The van der Waals surface area contributed by atoms with E-state index in [0.29, 0.717) is 0 Å². The average Bonchev–Trinajstić information content (AvgIpc) is 2.75. The fourth-order valence-electron chi connectivity index (χ4n) is 1.21. The number of hydrogen-bond acceptors (Lipinski definition) is 2. The van der Waals surface area contributed by atoms with Crippen LogP contribution in [0.1, 0.15) is 20.7 Å². The molecule has 0 nitrogen and oxygen atoms in total. The lowest BCUT2D eigenvalue weighted by Crippen LogP contribution is -1.86. The zero-order valence-electron chi connectivity index (χ0n) is 7.76. The van der Waals surface area contributed by atoms with Gasteiger partial charge in [0.1, 0.15) is 5.38 Å². The van der Waals surface area contributed by atoms with Crippen LogP contribution < -0.4 is 0 Å². The van der Waals surface area contributed by atoms with Crippen molar-refractivity contribution in [1.29, 1.82) is 0 Å². The molecule has 0 aliphatic carbocycles. The Bertz CT molecular complexity index is 473. The van der Waals surface area contributed by atoms with Crippen LogP contribution in [0.25, 0.3) is 0 Å². The molecule has 0 aliphatic heterocycles. The molecule has 1 unspecified atom stereocenters. The van der Waals surface area contributed by atoms with Crippen molar-refractivity contribution >= 4 is 57.5 Å². The van der Waals surface area contributed by atoms with E-state index in [-0.39, 0.29) is 5.38 Å². The maximum atomic E-state index is 6.34. The third kappa shape index (κ3) is 2.34. The van der Waals surface area contributed by atoms with Crippen LogP contribution in [-0.4, -0.2) is 0 Å².